The molecule has 0 rings (SSSR count). The monoisotopic (exact) mass is 585 g/mol. The molecule has 0 bridgehead atoms. The van der Waals surface area contributed by atoms with Crippen LogP contribution in [0.2, 0.25) is 0 Å². The second-order valence-electron chi connectivity index (χ2n) is 10.5. The summed E-state index contributed by atoms with van der Waals surface area (Å²) in [7, 11) is 0. The van der Waals surface area contributed by atoms with Gasteiger partial charge in [0, 0.05) is 32.2 Å². The van der Waals surface area contributed by atoms with Crippen molar-refractivity contribution in [1.29, 1.82) is 0 Å². The molecule has 0 aliphatic carbocycles. The molecule has 0 aromatic heterocycles. The van der Waals surface area contributed by atoms with Crippen molar-refractivity contribution in [1.82, 2.24) is 16.0 Å². The van der Waals surface area contributed by atoms with E-state index in [2.05, 4.69) is 16.0 Å². The topological polar surface area (TPSA) is 199 Å². The fourth-order valence-electron chi connectivity index (χ4n) is 4.31. The number of amides is 3. The summed E-state index contributed by atoms with van der Waals surface area (Å²) in [5, 5.41) is 33.6. The molecule has 0 aliphatic heterocycles. The fourth-order valence-corrected chi connectivity index (χ4v) is 4.31. The Labute approximate surface area is 243 Å². The Hall–Kier alpha value is -3.18. The number of hydrogen-bond acceptors (Lipinski definition) is 6. The minimum atomic E-state index is -1.28. The van der Waals surface area contributed by atoms with Crippen molar-refractivity contribution in [3.05, 3.63) is 0 Å². The second-order valence-corrected chi connectivity index (χ2v) is 10.5. The van der Waals surface area contributed by atoms with Gasteiger partial charge >= 0.3 is 17.9 Å². The van der Waals surface area contributed by atoms with Gasteiger partial charge in [-0.2, -0.15) is 0 Å². The van der Waals surface area contributed by atoms with Crippen molar-refractivity contribution in [2.45, 2.75) is 134 Å². The minimum absolute atomic E-state index is 0.0316. The molecule has 0 saturated carbocycles. The van der Waals surface area contributed by atoms with Crippen LogP contribution < -0.4 is 16.0 Å². The number of carbonyl (C=O) groups is 6. The van der Waals surface area contributed by atoms with Gasteiger partial charge in [0.25, 0.3) is 0 Å². The average molecular weight is 586 g/mol. The molecule has 0 radical (unpaired) electrons. The molecule has 41 heavy (non-hydrogen) atoms. The van der Waals surface area contributed by atoms with Crippen LogP contribution in [-0.4, -0.2) is 70.1 Å². The van der Waals surface area contributed by atoms with E-state index in [-0.39, 0.29) is 31.6 Å². The zero-order chi connectivity index (χ0) is 30.7. The molecule has 0 spiro atoms. The lowest BCUT2D eigenvalue weighted by Crippen LogP contribution is -2.42. The first-order valence-corrected chi connectivity index (χ1v) is 15.1. The zero-order valence-corrected chi connectivity index (χ0v) is 24.4. The number of hydrogen-bond donors (Lipinski definition) is 6. The quantitative estimate of drug-likeness (QED) is 0.0740. The third kappa shape index (κ3) is 26.8. The molecule has 6 N–H and O–H groups in total. The van der Waals surface area contributed by atoms with E-state index in [1.807, 2.05) is 0 Å². The average Bonchev–Trinajstić information content (AvgIpc) is 2.91. The van der Waals surface area contributed by atoms with Crippen LogP contribution in [0.4, 0.5) is 0 Å². The Balaban J connectivity index is 3.62. The van der Waals surface area contributed by atoms with Gasteiger partial charge in [-0.15, -0.1) is 0 Å². The third-order valence-corrected chi connectivity index (χ3v) is 6.68. The first-order valence-electron chi connectivity index (χ1n) is 15.1. The molecule has 1 atom stereocenters. The Bertz CT molecular complexity index is 789. The molecule has 236 valence electrons. The molecule has 12 heteroatoms. The van der Waals surface area contributed by atoms with E-state index in [0.29, 0.717) is 19.4 Å². The van der Waals surface area contributed by atoms with Crippen LogP contribution in [0.1, 0.15) is 128 Å². The summed E-state index contributed by atoms with van der Waals surface area (Å²) in [4.78, 5) is 67.7. The summed E-state index contributed by atoms with van der Waals surface area (Å²) in [6, 6.07) is -1.26. The van der Waals surface area contributed by atoms with E-state index >= 15 is 0 Å². The highest BCUT2D eigenvalue weighted by Crippen LogP contribution is 2.13. The second kappa shape index (κ2) is 25.8. The maximum atomic E-state index is 12.0. The van der Waals surface area contributed by atoms with Gasteiger partial charge in [0.2, 0.25) is 17.7 Å². The summed E-state index contributed by atoms with van der Waals surface area (Å²) in [5.74, 6) is -4.38. The molecule has 3 amide bonds. The first kappa shape index (κ1) is 37.8. The lowest BCUT2D eigenvalue weighted by molar-refractivity contribution is -0.142. The molecule has 0 aliphatic rings. The zero-order valence-electron chi connectivity index (χ0n) is 24.4. The highest BCUT2D eigenvalue weighted by atomic mass is 16.4. The number of aliphatic carboxylic acids is 3. The van der Waals surface area contributed by atoms with Crippen LogP contribution in [0.15, 0.2) is 0 Å². The molecule has 0 heterocycles. The van der Waals surface area contributed by atoms with Crippen LogP contribution in [-0.2, 0) is 28.8 Å². The predicted molar refractivity (Wildman–Crippen MR) is 153 cm³/mol. The van der Waals surface area contributed by atoms with Crippen molar-refractivity contribution in [2.75, 3.05) is 13.1 Å². The number of rotatable bonds is 28. The number of carboxylic acid groups (broad SMARTS) is 3. The molecule has 0 aromatic carbocycles. The van der Waals surface area contributed by atoms with Crippen LogP contribution in [0.5, 0.6) is 0 Å². The normalized spacial score (nSPS) is 11.4. The summed E-state index contributed by atoms with van der Waals surface area (Å²) < 4.78 is 0. The predicted octanol–water partition coefficient (Wildman–Crippen LogP) is 3.76. The summed E-state index contributed by atoms with van der Waals surface area (Å²) in [5.41, 5.74) is 0. The number of carbonyl (C=O) groups excluding carboxylic acids is 3. The van der Waals surface area contributed by atoms with E-state index in [0.717, 1.165) is 38.5 Å². The van der Waals surface area contributed by atoms with Gasteiger partial charge in [0.05, 0.1) is 0 Å². The Morgan fingerprint density at radius 2 is 0.902 bits per heavy atom. The third-order valence-electron chi connectivity index (χ3n) is 6.68. The van der Waals surface area contributed by atoms with Gasteiger partial charge < -0.3 is 31.3 Å². The van der Waals surface area contributed by atoms with Crippen molar-refractivity contribution in [3.8, 4) is 0 Å². The van der Waals surface area contributed by atoms with Gasteiger partial charge in [-0.3, -0.25) is 24.0 Å². The van der Waals surface area contributed by atoms with E-state index in [9.17, 15) is 33.9 Å². The largest absolute Gasteiger partial charge is 0.481 e. The number of nitrogens with one attached hydrogen (secondary N) is 3. The van der Waals surface area contributed by atoms with Crippen LogP contribution in [0, 0.1) is 0 Å². The van der Waals surface area contributed by atoms with Crippen LogP contribution in [0.25, 0.3) is 0 Å². The lowest BCUT2D eigenvalue weighted by Gasteiger charge is -2.14. The number of carboxylic acids is 3. The van der Waals surface area contributed by atoms with Crippen LogP contribution in [0.3, 0.4) is 0 Å². The Kier molecular flexibility index (Phi) is 23.8. The Morgan fingerprint density at radius 3 is 1.37 bits per heavy atom. The summed E-state index contributed by atoms with van der Waals surface area (Å²) in [6.07, 6.45) is 16.4. The lowest BCUT2D eigenvalue weighted by atomic mass is 10.0. The smallest absolute Gasteiger partial charge is 0.326 e. The maximum absolute atomic E-state index is 12.0. The standard InChI is InChI=1S/C29H51N3O9/c33-24(16-13-11-9-7-5-3-1-2-4-6-8-10-12-14-18-27(36)37)30-21-15-17-26(35)32-23(29(40)41)19-20-25(34)31-22-28(38)39/h23H,1-22H2,(H,30,33)(H,31,34)(H,32,35)(H,36,37)(H,38,39)(H,40,41)/t23-/m0/s1. The summed E-state index contributed by atoms with van der Waals surface area (Å²) >= 11 is 0. The maximum Gasteiger partial charge on any atom is 0.326 e. The SMILES string of the molecule is O=C(O)CCCCCCCCCCCCCCCCC(=O)NCCCC(=O)N[C@@H](CCC(=O)NCC(=O)O)C(=O)O. The van der Waals surface area contributed by atoms with Gasteiger partial charge in [0.15, 0.2) is 0 Å². The minimum Gasteiger partial charge on any atom is -0.481 e. The highest BCUT2D eigenvalue weighted by molar-refractivity contribution is 5.85. The van der Waals surface area contributed by atoms with E-state index in [1.165, 1.54) is 51.4 Å². The van der Waals surface area contributed by atoms with E-state index in [1.54, 1.807) is 0 Å². The number of unbranched alkanes of at least 4 members (excludes halogenated alkanes) is 13. The highest BCUT2D eigenvalue weighted by Gasteiger charge is 2.21. The van der Waals surface area contributed by atoms with E-state index < -0.39 is 42.3 Å². The van der Waals surface area contributed by atoms with E-state index in [4.69, 9.17) is 10.2 Å². The molecular formula is C29H51N3O9. The van der Waals surface area contributed by atoms with Crippen molar-refractivity contribution in [3.63, 3.8) is 0 Å². The van der Waals surface area contributed by atoms with Crippen molar-refractivity contribution < 1.29 is 44.1 Å². The fraction of sp³-hybridized carbons (Fsp3) is 0.793. The van der Waals surface area contributed by atoms with Gasteiger partial charge in [0.1, 0.15) is 12.6 Å². The van der Waals surface area contributed by atoms with Crippen LogP contribution >= 0.6 is 0 Å². The van der Waals surface area contributed by atoms with Crippen molar-refractivity contribution >= 4 is 35.6 Å². The molecule has 0 aromatic rings. The molecular weight excluding hydrogens is 534 g/mol. The molecule has 12 nitrogen and oxygen atoms in total. The van der Waals surface area contributed by atoms with Gasteiger partial charge in [-0.05, 0) is 25.7 Å². The van der Waals surface area contributed by atoms with Crippen molar-refractivity contribution in [2.24, 2.45) is 0 Å². The summed E-state index contributed by atoms with van der Waals surface area (Å²) in [6.45, 7) is -0.246. The van der Waals surface area contributed by atoms with Gasteiger partial charge in [-0.1, -0.05) is 77.0 Å². The first-order chi connectivity index (χ1) is 19.6. The molecule has 0 saturated heterocycles. The Morgan fingerprint density at radius 1 is 0.463 bits per heavy atom. The molecule has 0 fully saturated rings. The molecule has 0 unspecified atom stereocenters. The van der Waals surface area contributed by atoms with Gasteiger partial charge in [-0.25, -0.2) is 4.79 Å².